The van der Waals surface area contributed by atoms with Crippen LogP contribution in [0.5, 0.6) is 0 Å². The van der Waals surface area contributed by atoms with Gasteiger partial charge in [-0.3, -0.25) is 0 Å². The average Bonchev–Trinajstić information content (AvgIpc) is 2.90. The maximum Gasteiger partial charge on any atom is 0.0468 e. The number of rotatable bonds is 5. The van der Waals surface area contributed by atoms with Crippen LogP contribution >= 0.6 is 23.2 Å². The van der Waals surface area contributed by atoms with Gasteiger partial charge in [0.1, 0.15) is 0 Å². The van der Waals surface area contributed by atoms with Crippen LogP contribution in [-0.4, -0.2) is 6.04 Å². The lowest BCUT2D eigenvalue weighted by Gasteiger charge is -2.27. The van der Waals surface area contributed by atoms with Crippen molar-refractivity contribution in [2.45, 2.75) is 58.0 Å². The van der Waals surface area contributed by atoms with E-state index < -0.39 is 0 Å². The standard InChI is InChI=1S/C16H23Cl2N/c1-3-16(14-9-8-13(17)10-15(14)18)19-11(2)12-6-4-5-7-12/h8-12,16,19H,3-7H2,1-2H3. The van der Waals surface area contributed by atoms with Crippen molar-refractivity contribution in [2.75, 3.05) is 0 Å². The summed E-state index contributed by atoms with van der Waals surface area (Å²) in [5.41, 5.74) is 1.17. The third-order valence-corrected chi connectivity index (χ3v) is 4.88. The van der Waals surface area contributed by atoms with Crippen molar-refractivity contribution < 1.29 is 0 Å². The van der Waals surface area contributed by atoms with Crippen LogP contribution in [-0.2, 0) is 0 Å². The molecule has 0 aromatic heterocycles. The van der Waals surface area contributed by atoms with Gasteiger partial charge in [-0.05, 0) is 49.8 Å². The first-order valence-corrected chi connectivity index (χ1v) is 8.08. The number of benzene rings is 1. The van der Waals surface area contributed by atoms with Crippen molar-refractivity contribution in [3.05, 3.63) is 33.8 Å². The molecule has 2 atom stereocenters. The number of halogens is 2. The van der Waals surface area contributed by atoms with Gasteiger partial charge in [-0.15, -0.1) is 0 Å². The molecule has 106 valence electrons. The smallest absolute Gasteiger partial charge is 0.0468 e. The predicted molar refractivity (Wildman–Crippen MR) is 84.0 cm³/mol. The second-order valence-electron chi connectivity index (χ2n) is 5.63. The topological polar surface area (TPSA) is 12.0 Å². The third kappa shape index (κ3) is 3.87. The largest absolute Gasteiger partial charge is 0.307 e. The summed E-state index contributed by atoms with van der Waals surface area (Å²) in [4.78, 5) is 0. The van der Waals surface area contributed by atoms with Gasteiger partial charge in [0.05, 0.1) is 0 Å². The Balaban J connectivity index is 2.06. The first kappa shape index (κ1) is 15.2. The van der Waals surface area contributed by atoms with Crippen LogP contribution in [0.1, 0.15) is 57.6 Å². The molecule has 1 N–H and O–H groups in total. The molecule has 1 aromatic rings. The first-order valence-electron chi connectivity index (χ1n) is 7.32. The van der Waals surface area contributed by atoms with Crippen LogP contribution in [0.2, 0.25) is 10.0 Å². The highest BCUT2D eigenvalue weighted by molar-refractivity contribution is 6.35. The van der Waals surface area contributed by atoms with Gasteiger partial charge in [0, 0.05) is 22.1 Å². The molecule has 0 amide bonds. The maximum atomic E-state index is 6.32. The van der Waals surface area contributed by atoms with Gasteiger partial charge in [-0.2, -0.15) is 0 Å². The van der Waals surface area contributed by atoms with E-state index in [-0.39, 0.29) is 0 Å². The fourth-order valence-electron chi connectivity index (χ4n) is 3.12. The molecular formula is C16H23Cl2N. The highest BCUT2D eigenvalue weighted by atomic mass is 35.5. The Labute approximate surface area is 126 Å². The molecule has 1 fully saturated rings. The van der Waals surface area contributed by atoms with Crippen molar-refractivity contribution >= 4 is 23.2 Å². The minimum absolute atomic E-state index is 0.320. The fourth-order valence-corrected chi connectivity index (χ4v) is 3.66. The molecule has 3 heteroatoms. The second-order valence-corrected chi connectivity index (χ2v) is 6.47. The van der Waals surface area contributed by atoms with E-state index in [2.05, 4.69) is 19.2 Å². The monoisotopic (exact) mass is 299 g/mol. The van der Waals surface area contributed by atoms with E-state index in [9.17, 15) is 0 Å². The molecule has 0 bridgehead atoms. The van der Waals surface area contributed by atoms with E-state index in [0.29, 0.717) is 17.1 Å². The second kappa shape index (κ2) is 6.97. The van der Waals surface area contributed by atoms with Crippen LogP contribution in [0.25, 0.3) is 0 Å². The molecule has 1 aromatic carbocycles. The summed E-state index contributed by atoms with van der Waals surface area (Å²) in [5.74, 6) is 0.820. The van der Waals surface area contributed by atoms with Gasteiger partial charge < -0.3 is 5.32 Å². The highest BCUT2D eigenvalue weighted by Gasteiger charge is 2.24. The summed E-state index contributed by atoms with van der Waals surface area (Å²) in [6.45, 7) is 4.51. The lowest BCUT2D eigenvalue weighted by Crippen LogP contribution is -2.35. The van der Waals surface area contributed by atoms with Gasteiger partial charge in [0.25, 0.3) is 0 Å². The van der Waals surface area contributed by atoms with Gasteiger partial charge in [0.15, 0.2) is 0 Å². The molecule has 0 radical (unpaired) electrons. The highest BCUT2D eigenvalue weighted by Crippen LogP contribution is 2.32. The normalized spacial score (nSPS) is 19.6. The first-order chi connectivity index (χ1) is 9.11. The van der Waals surface area contributed by atoms with Crippen molar-refractivity contribution in [3.63, 3.8) is 0 Å². The summed E-state index contributed by atoms with van der Waals surface area (Å²) in [6.07, 6.45) is 6.53. The van der Waals surface area contributed by atoms with E-state index >= 15 is 0 Å². The lowest BCUT2D eigenvalue weighted by atomic mass is 9.96. The van der Waals surface area contributed by atoms with Crippen LogP contribution in [0, 0.1) is 5.92 Å². The molecule has 0 heterocycles. The van der Waals surface area contributed by atoms with Crippen molar-refractivity contribution in [3.8, 4) is 0 Å². The molecule has 0 aliphatic heterocycles. The summed E-state index contributed by atoms with van der Waals surface area (Å²) >= 11 is 12.3. The molecule has 2 rings (SSSR count). The van der Waals surface area contributed by atoms with Crippen LogP contribution < -0.4 is 5.32 Å². The van der Waals surface area contributed by atoms with E-state index in [0.717, 1.165) is 17.4 Å². The minimum atomic E-state index is 0.320. The zero-order valence-electron chi connectivity index (χ0n) is 11.8. The van der Waals surface area contributed by atoms with Gasteiger partial charge >= 0.3 is 0 Å². The van der Waals surface area contributed by atoms with Gasteiger partial charge in [-0.25, -0.2) is 0 Å². The minimum Gasteiger partial charge on any atom is -0.307 e. The Kier molecular flexibility index (Phi) is 5.56. The average molecular weight is 300 g/mol. The van der Waals surface area contributed by atoms with Crippen molar-refractivity contribution in [1.29, 1.82) is 0 Å². The molecule has 1 nitrogen and oxygen atoms in total. The van der Waals surface area contributed by atoms with Crippen LogP contribution in [0.4, 0.5) is 0 Å². The Morgan fingerprint density at radius 1 is 1.26 bits per heavy atom. The Morgan fingerprint density at radius 2 is 1.95 bits per heavy atom. The Morgan fingerprint density at radius 3 is 2.53 bits per heavy atom. The predicted octanol–water partition coefficient (Wildman–Crippen LogP) is 5.61. The van der Waals surface area contributed by atoms with Crippen molar-refractivity contribution in [1.82, 2.24) is 5.32 Å². The number of hydrogen-bond donors (Lipinski definition) is 1. The third-order valence-electron chi connectivity index (χ3n) is 4.32. The summed E-state index contributed by atoms with van der Waals surface area (Å²) in [7, 11) is 0. The molecular weight excluding hydrogens is 277 g/mol. The summed E-state index contributed by atoms with van der Waals surface area (Å²) in [6, 6.07) is 6.68. The Bertz CT molecular complexity index is 413. The molecule has 2 unspecified atom stereocenters. The molecule has 1 saturated carbocycles. The molecule has 1 aliphatic rings. The lowest BCUT2D eigenvalue weighted by molar-refractivity contribution is 0.339. The quantitative estimate of drug-likeness (QED) is 0.745. The molecule has 1 aliphatic carbocycles. The number of nitrogens with one attached hydrogen (secondary N) is 1. The molecule has 0 spiro atoms. The van der Waals surface area contributed by atoms with Crippen molar-refractivity contribution in [2.24, 2.45) is 5.92 Å². The Hall–Kier alpha value is -0.240. The van der Waals surface area contributed by atoms with Gasteiger partial charge in [0.2, 0.25) is 0 Å². The molecule has 19 heavy (non-hydrogen) atoms. The van der Waals surface area contributed by atoms with E-state index in [1.807, 2.05) is 18.2 Å². The zero-order chi connectivity index (χ0) is 13.8. The van der Waals surface area contributed by atoms with Gasteiger partial charge in [-0.1, -0.05) is 49.0 Å². The number of hydrogen-bond acceptors (Lipinski definition) is 1. The summed E-state index contributed by atoms with van der Waals surface area (Å²) < 4.78 is 0. The summed E-state index contributed by atoms with van der Waals surface area (Å²) in [5, 5.41) is 5.23. The maximum absolute atomic E-state index is 6.32. The van der Waals surface area contributed by atoms with Crippen LogP contribution in [0.3, 0.4) is 0 Å². The fraction of sp³-hybridized carbons (Fsp3) is 0.625. The van der Waals surface area contributed by atoms with E-state index in [1.54, 1.807) is 0 Å². The van der Waals surface area contributed by atoms with E-state index in [1.165, 1.54) is 31.2 Å². The molecule has 0 saturated heterocycles. The van der Waals surface area contributed by atoms with Crippen LogP contribution in [0.15, 0.2) is 18.2 Å². The SMILES string of the molecule is CCC(NC(C)C1CCCC1)c1ccc(Cl)cc1Cl. The van der Waals surface area contributed by atoms with E-state index in [4.69, 9.17) is 23.2 Å². The zero-order valence-corrected chi connectivity index (χ0v) is 13.3.